The van der Waals surface area contributed by atoms with E-state index in [1.54, 1.807) is 0 Å². The van der Waals surface area contributed by atoms with Crippen molar-refractivity contribution in [1.29, 1.82) is 5.26 Å². The molecule has 0 aliphatic carbocycles. The van der Waals surface area contributed by atoms with Gasteiger partial charge < -0.3 is 5.11 Å². The average Bonchev–Trinajstić information content (AvgIpc) is 2.44. The number of nitrogens with zero attached hydrogens (tertiary/aromatic N) is 1. The van der Waals surface area contributed by atoms with Crippen LogP contribution < -0.4 is 0 Å². The second-order valence-corrected chi connectivity index (χ2v) is 8.66. The molecule has 0 bridgehead atoms. The van der Waals surface area contributed by atoms with Crippen LogP contribution in [0.1, 0.15) is 12.0 Å². The van der Waals surface area contributed by atoms with Crippen molar-refractivity contribution in [3.8, 4) is 6.07 Å². The summed E-state index contributed by atoms with van der Waals surface area (Å²) in [4.78, 5) is 10.2. The summed E-state index contributed by atoms with van der Waals surface area (Å²) in [6, 6.07) is 6.96. The van der Waals surface area contributed by atoms with E-state index in [0.29, 0.717) is 5.56 Å². The molecule has 0 radical (unpaired) electrons. The van der Waals surface area contributed by atoms with Crippen LogP contribution in [0.15, 0.2) is 29.2 Å². The van der Waals surface area contributed by atoms with Crippen LogP contribution in [0.5, 0.6) is 0 Å². The van der Waals surface area contributed by atoms with Crippen molar-refractivity contribution in [1.82, 2.24) is 0 Å². The minimum absolute atomic E-state index is 0.0741. The van der Waals surface area contributed by atoms with Crippen molar-refractivity contribution in [3.05, 3.63) is 29.8 Å². The standard InChI is InChI=1S/C12H13NO6S2/c13-9-10-1-3-11(4-2-10)21(18,19)8-7-20(16,17)6-5-12(14)15/h1-4H,5-8H2,(H,14,15). The minimum atomic E-state index is -3.79. The molecule has 0 saturated heterocycles. The molecule has 0 amide bonds. The normalized spacial score (nSPS) is 11.8. The molecule has 1 aromatic rings. The molecule has 1 aromatic carbocycles. The maximum atomic E-state index is 12.0. The van der Waals surface area contributed by atoms with Crippen LogP contribution in [-0.2, 0) is 24.5 Å². The highest BCUT2D eigenvalue weighted by Crippen LogP contribution is 2.13. The highest BCUT2D eigenvalue weighted by molar-refractivity contribution is 7.95. The lowest BCUT2D eigenvalue weighted by molar-refractivity contribution is -0.136. The topological polar surface area (TPSA) is 129 Å². The number of carboxylic acids is 1. The monoisotopic (exact) mass is 331 g/mol. The van der Waals surface area contributed by atoms with Crippen LogP contribution >= 0.6 is 0 Å². The van der Waals surface area contributed by atoms with Gasteiger partial charge in [0.2, 0.25) is 0 Å². The van der Waals surface area contributed by atoms with Crippen molar-refractivity contribution in [2.24, 2.45) is 0 Å². The molecule has 114 valence electrons. The molecular weight excluding hydrogens is 318 g/mol. The third-order valence-corrected chi connectivity index (χ3v) is 6.28. The summed E-state index contributed by atoms with van der Waals surface area (Å²) in [5.74, 6) is -3.11. The Hall–Kier alpha value is -1.92. The summed E-state index contributed by atoms with van der Waals surface area (Å²) in [6.07, 6.45) is -0.556. The Morgan fingerprint density at radius 1 is 1.05 bits per heavy atom. The molecule has 21 heavy (non-hydrogen) atoms. The van der Waals surface area contributed by atoms with Gasteiger partial charge in [-0.3, -0.25) is 4.79 Å². The van der Waals surface area contributed by atoms with Gasteiger partial charge in [-0.15, -0.1) is 0 Å². The van der Waals surface area contributed by atoms with Gasteiger partial charge in [-0.25, -0.2) is 16.8 Å². The van der Waals surface area contributed by atoms with Gasteiger partial charge in [-0.2, -0.15) is 5.26 Å². The second kappa shape index (κ2) is 6.69. The number of aliphatic carboxylic acids is 1. The van der Waals surface area contributed by atoms with Gasteiger partial charge in [0.05, 0.1) is 40.2 Å². The van der Waals surface area contributed by atoms with E-state index >= 15 is 0 Å². The zero-order valence-electron chi connectivity index (χ0n) is 10.9. The number of hydrogen-bond donors (Lipinski definition) is 1. The number of sulfone groups is 2. The third-order valence-electron chi connectivity index (χ3n) is 2.63. The second-order valence-electron chi connectivity index (χ2n) is 4.25. The zero-order valence-corrected chi connectivity index (χ0v) is 12.5. The van der Waals surface area contributed by atoms with Crippen LogP contribution in [0.3, 0.4) is 0 Å². The molecule has 0 atom stereocenters. The van der Waals surface area contributed by atoms with E-state index in [-0.39, 0.29) is 4.90 Å². The van der Waals surface area contributed by atoms with E-state index in [9.17, 15) is 21.6 Å². The molecule has 0 aliphatic rings. The van der Waals surface area contributed by atoms with Gasteiger partial charge in [-0.05, 0) is 24.3 Å². The first-order chi connectivity index (χ1) is 9.66. The molecule has 0 spiro atoms. The fraction of sp³-hybridized carbons (Fsp3) is 0.333. The SMILES string of the molecule is N#Cc1ccc(S(=O)(=O)CCS(=O)(=O)CCC(=O)O)cc1. The quantitative estimate of drug-likeness (QED) is 0.756. The van der Waals surface area contributed by atoms with Crippen molar-refractivity contribution < 1.29 is 26.7 Å². The summed E-state index contributed by atoms with van der Waals surface area (Å²) in [5.41, 5.74) is 0.294. The average molecular weight is 331 g/mol. The molecule has 0 aromatic heterocycles. The van der Waals surface area contributed by atoms with E-state index in [2.05, 4.69) is 0 Å². The van der Waals surface area contributed by atoms with Crippen LogP contribution in [0, 0.1) is 11.3 Å². The third kappa shape index (κ3) is 5.53. The fourth-order valence-corrected chi connectivity index (χ4v) is 4.81. The van der Waals surface area contributed by atoms with E-state index in [0.717, 1.165) is 0 Å². The van der Waals surface area contributed by atoms with Crippen LogP contribution in [0.4, 0.5) is 0 Å². The van der Waals surface area contributed by atoms with E-state index in [4.69, 9.17) is 10.4 Å². The maximum absolute atomic E-state index is 12.0. The van der Waals surface area contributed by atoms with Crippen molar-refractivity contribution in [2.45, 2.75) is 11.3 Å². The lowest BCUT2D eigenvalue weighted by Gasteiger charge is -2.05. The van der Waals surface area contributed by atoms with Crippen LogP contribution in [0.2, 0.25) is 0 Å². The van der Waals surface area contributed by atoms with Crippen LogP contribution in [0.25, 0.3) is 0 Å². The Kier molecular flexibility index (Phi) is 5.46. The maximum Gasteiger partial charge on any atom is 0.304 e. The van der Waals surface area contributed by atoms with Gasteiger partial charge in [0.25, 0.3) is 0 Å². The van der Waals surface area contributed by atoms with Crippen molar-refractivity contribution in [2.75, 3.05) is 17.3 Å². The predicted molar refractivity (Wildman–Crippen MR) is 74.1 cm³/mol. The number of carbonyl (C=O) groups is 1. The van der Waals surface area contributed by atoms with E-state index in [1.165, 1.54) is 24.3 Å². The summed E-state index contributed by atoms with van der Waals surface area (Å²) in [5, 5.41) is 17.0. The Balaban J connectivity index is 2.77. The molecule has 1 N–H and O–H groups in total. The minimum Gasteiger partial charge on any atom is -0.481 e. The fourth-order valence-electron chi connectivity index (χ4n) is 1.44. The Morgan fingerprint density at radius 2 is 1.62 bits per heavy atom. The van der Waals surface area contributed by atoms with Crippen LogP contribution in [-0.4, -0.2) is 45.2 Å². The van der Waals surface area contributed by atoms with E-state index in [1.807, 2.05) is 6.07 Å². The van der Waals surface area contributed by atoms with Crippen molar-refractivity contribution >= 4 is 25.6 Å². The zero-order chi connectivity index (χ0) is 16.1. The first kappa shape index (κ1) is 17.1. The summed E-state index contributed by atoms with van der Waals surface area (Å²) in [7, 11) is -7.54. The molecular formula is C12H13NO6S2. The predicted octanol–water partition coefficient (Wildman–Crippen LogP) is 0.221. The van der Waals surface area contributed by atoms with Gasteiger partial charge in [0, 0.05) is 0 Å². The lowest BCUT2D eigenvalue weighted by Crippen LogP contribution is -2.21. The summed E-state index contributed by atoms with van der Waals surface area (Å²) < 4.78 is 47.0. The molecule has 0 aliphatic heterocycles. The lowest BCUT2D eigenvalue weighted by atomic mass is 10.2. The van der Waals surface area contributed by atoms with Gasteiger partial charge in [0.1, 0.15) is 0 Å². The molecule has 0 fully saturated rings. The Morgan fingerprint density at radius 3 is 2.10 bits per heavy atom. The number of carboxylic acid groups (broad SMARTS) is 1. The smallest absolute Gasteiger partial charge is 0.304 e. The molecule has 7 nitrogen and oxygen atoms in total. The number of benzene rings is 1. The van der Waals surface area contributed by atoms with Gasteiger partial charge in [-0.1, -0.05) is 0 Å². The largest absolute Gasteiger partial charge is 0.481 e. The first-order valence-electron chi connectivity index (χ1n) is 5.81. The highest BCUT2D eigenvalue weighted by atomic mass is 32.2. The van der Waals surface area contributed by atoms with Gasteiger partial charge in [0.15, 0.2) is 19.7 Å². The Bertz CT molecular complexity index is 757. The number of hydrogen-bond acceptors (Lipinski definition) is 6. The number of nitriles is 1. The Labute approximate surface area is 122 Å². The summed E-state index contributed by atoms with van der Waals surface area (Å²) >= 11 is 0. The van der Waals surface area contributed by atoms with E-state index < -0.39 is 49.3 Å². The molecule has 0 unspecified atom stereocenters. The summed E-state index contributed by atoms with van der Waals surface area (Å²) in [6.45, 7) is 0. The molecule has 9 heteroatoms. The highest BCUT2D eigenvalue weighted by Gasteiger charge is 2.20. The van der Waals surface area contributed by atoms with Crippen molar-refractivity contribution in [3.63, 3.8) is 0 Å². The first-order valence-corrected chi connectivity index (χ1v) is 9.29. The molecule has 0 heterocycles. The molecule has 0 saturated carbocycles. The number of rotatable bonds is 7. The van der Waals surface area contributed by atoms with Gasteiger partial charge >= 0.3 is 5.97 Å². The molecule has 1 rings (SSSR count).